The Morgan fingerprint density at radius 3 is 2.92 bits per heavy atom. The number of pyridine rings is 1. The van der Waals surface area contributed by atoms with E-state index < -0.39 is 6.10 Å². The largest absolute Gasteiger partial charge is 0.474 e. The smallest absolute Gasteiger partial charge is 0.181 e. The summed E-state index contributed by atoms with van der Waals surface area (Å²) in [6.45, 7) is 1.63. The molecule has 0 fully saturated rings. The van der Waals surface area contributed by atoms with Crippen LogP contribution in [0.15, 0.2) is 18.3 Å². The molecule has 1 unspecified atom stereocenters. The van der Waals surface area contributed by atoms with E-state index in [-0.39, 0.29) is 0 Å². The average Bonchev–Trinajstić information content (AvgIpc) is 2.19. The molecule has 1 heterocycles. The molecule has 0 radical (unpaired) electrons. The number of ether oxygens (including phenoxy) is 1. The van der Waals surface area contributed by atoms with Gasteiger partial charge in [-0.3, -0.25) is 4.79 Å². The van der Waals surface area contributed by atoms with E-state index in [9.17, 15) is 4.79 Å². The lowest BCUT2D eigenvalue weighted by Crippen LogP contribution is -2.08. The highest BCUT2D eigenvalue weighted by atomic mass is 16.5. The van der Waals surface area contributed by atoms with Crippen molar-refractivity contribution in [3.05, 3.63) is 24.0 Å². The lowest BCUT2D eigenvalue weighted by atomic mass is 10.3. The van der Waals surface area contributed by atoms with E-state index in [0.29, 0.717) is 17.7 Å². The number of nitriles is 1. The highest BCUT2D eigenvalue weighted by Gasteiger charge is 2.01. The molecule has 4 heteroatoms. The molecular formula is C9H8N2O2. The van der Waals surface area contributed by atoms with Gasteiger partial charge in [-0.1, -0.05) is 0 Å². The normalized spacial score (nSPS) is 11.4. The molecule has 0 aromatic carbocycles. The number of aromatic nitrogens is 1. The van der Waals surface area contributed by atoms with Gasteiger partial charge in [-0.25, -0.2) is 4.98 Å². The zero-order valence-corrected chi connectivity index (χ0v) is 7.10. The fraction of sp³-hybridized carbons (Fsp3) is 0.222. The summed E-state index contributed by atoms with van der Waals surface area (Å²) in [5, 5.41) is 8.45. The van der Waals surface area contributed by atoms with Gasteiger partial charge in [0.25, 0.3) is 0 Å². The summed E-state index contributed by atoms with van der Waals surface area (Å²) in [5.74, 6) is 0.486. The van der Waals surface area contributed by atoms with E-state index in [4.69, 9.17) is 10.00 Å². The van der Waals surface area contributed by atoms with Crippen LogP contribution in [0.1, 0.15) is 17.4 Å². The van der Waals surface area contributed by atoms with Crippen molar-refractivity contribution >= 4 is 6.29 Å². The molecule has 0 saturated heterocycles. The molecule has 66 valence electrons. The van der Waals surface area contributed by atoms with Crippen molar-refractivity contribution in [3.63, 3.8) is 0 Å². The van der Waals surface area contributed by atoms with Crippen LogP contribution in [-0.4, -0.2) is 17.4 Å². The van der Waals surface area contributed by atoms with E-state index in [1.54, 1.807) is 13.0 Å². The number of aldehydes is 1. The molecule has 0 bridgehead atoms. The molecule has 0 aliphatic heterocycles. The van der Waals surface area contributed by atoms with Crippen LogP contribution in [0.25, 0.3) is 0 Å². The third-order valence-electron chi connectivity index (χ3n) is 1.37. The molecule has 4 nitrogen and oxygen atoms in total. The van der Waals surface area contributed by atoms with Crippen LogP contribution < -0.4 is 4.74 Å². The summed E-state index contributed by atoms with van der Waals surface area (Å²) >= 11 is 0. The van der Waals surface area contributed by atoms with Crippen molar-refractivity contribution in [2.24, 2.45) is 0 Å². The number of hydrogen-bond donors (Lipinski definition) is 0. The van der Waals surface area contributed by atoms with Gasteiger partial charge in [0.15, 0.2) is 12.4 Å². The summed E-state index contributed by atoms with van der Waals surface area (Å²) < 4.78 is 5.12. The monoisotopic (exact) mass is 176 g/mol. The summed E-state index contributed by atoms with van der Waals surface area (Å²) in [6.07, 6.45) is 1.55. The average molecular weight is 176 g/mol. The van der Waals surface area contributed by atoms with E-state index in [2.05, 4.69) is 4.98 Å². The van der Waals surface area contributed by atoms with E-state index in [0.717, 1.165) is 0 Å². The van der Waals surface area contributed by atoms with Crippen LogP contribution >= 0.6 is 0 Å². The third kappa shape index (κ3) is 2.56. The van der Waals surface area contributed by atoms with Gasteiger partial charge in [0.2, 0.25) is 0 Å². The van der Waals surface area contributed by atoms with Crippen LogP contribution in [0.5, 0.6) is 5.75 Å². The summed E-state index contributed by atoms with van der Waals surface area (Å²) in [4.78, 5) is 14.0. The van der Waals surface area contributed by atoms with Crippen molar-refractivity contribution in [1.29, 1.82) is 5.26 Å². The minimum Gasteiger partial charge on any atom is -0.474 e. The van der Waals surface area contributed by atoms with Crippen molar-refractivity contribution in [2.75, 3.05) is 0 Å². The van der Waals surface area contributed by atoms with Crippen molar-refractivity contribution in [3.8, 4) is 11.8 Å². The molecule has 1 aromatic rings. The highest BCUT2D eigenvalue weighted by Crippen LogP contribution is 2.09. The standard InChI is InChI=1S/C9H8N2O2/c1-7(4-10)13-9-3-2-8(6-12)11-5-9/h2-3,5-7H,1H3. The number of carbonyl (C=O) groups is 1. The first-order chi connectivity index (χ1) is 6.26. The first kappa shape index (κ1) is 9.20. The van der Waals surface area contributed by atoms with Gasteiger partial charge in [0.1, 0.15) is 17.5 Å². The van der Waals surface area contributed by atoms with Crippen LogP contribution in [0.2, 0.25) is 0 Å². The fourth-order valence-corrected chi connectivity index (χ4v) is 0.762. The maximum absolute atomic E-state index is 10.2. The van der Waals surface area contributed by atoms with Crippen molar-refractivity contribution < 1.29 is 9.53 Å². The molecule has 0 spiro atoms. The van der Waals surface area contributed by atoms with Gasteiger partial charge in [-0.05, 0) is 19.1 Å². The zero-order chi connectivity index (χ0) is 9.68. The predicted octanol–water partition coefficient (Wildman–Crippen LogP) is 1.18. The maximum atomic E-state index is 10.2. The Morgan fingerprint density at radius 1 is 1.69 bits per heavy atom. The topological polar surface area (TPSA) is 63.0 Å². The van der Waals surface area contributed by atoms with Crippen molar-refractivity contribution in [1.82, 2.24) is 4.98 Å². The minimum atomic E-state index is -0.510. The molecule has 1 aromatic heterocycles. The van der Waals surface area contributed by atoms with E-state index in [1.165, 1.54) is 12.3 Å². The van der Waals surface area contributed by atoms with Gasteiger partial charge in [-0.15, -0.1) is 0 Å². The third-order valence-corrected chi connectivity index (χ3v) is 1.37. The Hall–Kier alpha value is -1.89. The van der Waals surface area contributed by atoms with Crippen LogP contribution in [0, 0.1) is 11.3 Å². The quantitative estimate of drug-likeness (QED) is 0.649. The highest BCUT2D eigenvalue weighted by molar-refractivity contribution is 5.71. The van der Waals surface area contributed by atoms with Crippen LogP contribution in [0.4, 0.5) is 0 Å². The van der Waals surface area contributed by atoms with E-state index >= 15 is 0 Å². The number of hydrogen-bond acceptors (Lipinski definition) is 4. The van der Waals surface area contributed by atoms with Crippen LogP contribution in [0.3, 0.4) is 0 Å². The second kappa shape index (κ2) is 4.21. The SMILES string of the molecule is CC(C#N)Oc1ccc(C=O)nc1. The number of rotatable bonds is 3. The summed E-state index contributed by atoms with van der Waals surface area (Å²) in [5.41, 5.74) is 0.344. The predicted molar refractivity (Wildman–Crippen MR) is 45.3 cm³/mol. The van der Waals surface area contributed by atoms with Gasteiger partial charge in [-0.2, -0.15) is 5.26 Å². The molecule has 0 aliphatic carbocycles. The van der Waals surface area contributed by atoms with Gasteiger partial charge in [0.05, 0.1) is 6.20 Å². The van der Waals surface area contributed by atoms with Crippen molar-refractivity contribution in [2.45, 2.75) is 13.0 Å². The Labute approximate surface area is 75.8 Å². The number of carbonyl (C=O) groups excluding carboxylic acids is 1. The van der Waals surface area contributed by atoms with Gasteiger partial charge < -0.3 is 4.74 Å². The first-order valence-electron chi connectivity index (χ1n) is 3.74. The molecular weight excluding hydrogens is 168 g/mol. The molecule has 1 atom stereocenters. The lowest BCUT2D eigenvalue weighted by molar-refractivity contribution is 0.111. The zero-order valence-electron chi connectivity index (χ0n) is 7.10. The second-order valence-corrected chi connectivity index (χ2v) is 2.43. The molecule has 1 rings (SSSR count). The molecule has 0 saturated carbocycles. The molecule has 0 amide bonds. The lowest BCUT2D eigenvalue weighted by Gasteiger charge is -2.05. The number of nitrogens with zero attached hydrogens (tertiary/aromatic N) is 2. The van der Waals surface area contributed by atoms with E-state index in [1.807, 2.05) is 6.07 Å². The first-order valence-corrected chi connectivity index (χ1v) is 3.74. The second-order valence-electron chi connectivity index (χ2n) is 2.43. The Kier molecular flexibility index (Phi) is 2.98. The molecule has 0 N–H and O–H groups in total. The Balaban J connectivity index is 2.70. The van der Waals surface area contributed by atoms with Gasteiger partial charge >= 0.3 is 0 Å². The fourth-order valence-electron chi connectivity index (χ4n) is 0.762. The van der Waals surface area contributed by atoms with Crippen LogP contribution in [-0.2, 0) is 0 Å². The maximum Gasteiger partial charge on any atom is 0.181 e. The Morgan fingerprint density at radius 2 is 2.46 bits per heavy atom. The molecule has 13 heavy (non-hydrogen) atoms. The van der Waals surface area contributed by atoms with Gasteiger partial charge in [0, 0.05) is 0 Å². The molecule has 0 aliphatic rings. The minimum absolute atomic E-state index is 0.344. The Bertz CT molecular complexity index is 326. The summed E-state index contributed by atoms with van der Waals surface area (Å²) in [7, 11) is 0. The summed E-state index contributed by atoms with van der Waals surface area (Å²) in [6, 6.07) is 5.06.